The van der Waals surface area contributed by atoms with Crippen molar-refractivity contribution in [3.8, 4) is 0 Å². The maximum absolute atomic E-state index is 11.5. The van der Waals surface area contributed by atoms with Crippen molar-refractivity contribution >= 4 is 17.2 Å². The molecule has 7 heteroatoms. The number of methoxy groups -OCH3 is 1. The second-order valence-corrected chi connectivity index (χ2v) is 5.38. The van der Waals surface area contributed by atoms with Crippen molar-refractivity contribution in [3.63, 3.8) is 0 Å². The van der Waals surface area contributed by atoms with Crippen molar-refractivity contribution in [3.05, 3.63) is 45.5 Å². The highest BCUT2D eigenvalue weighted by Crippen LogP contribution is 2.33. The molecule has 2 bridgehead atoms. The molecule has 1 saturated heterocycles. The quantitative estimate of drug-likeness (QED) is 0.517. The van der Waals surface area contributed by atoms with Crippen LogP contribution in [0.15, 0.2) is 24.3 Å². The molecule has 0 aromatic heterocycles. The van der Waals surface area contributed by atoms with Gasteiger partial charge in [0.15, 0.2) is 0 Å². The van der Waals surface area contributed by atoms with Crippen LogP contribution in [-0.4, -0.2) is 43.3 Å². The van der Waals surface area contributed by atoms with E-state index < -0.39 is 10.9 Å². The van der Waals surface area contributed by atoms with Crippen molar-refractivity contribution in [1.82, 2.24) is 5.32 Å². The van der Waals surface area contributed by atoms with Gasteiger partial charge in [-0.2, -0.15) is 0 Å². The summed E-state index contributed by atoms with van der Waals surface area (Å²) in [5.74, 6) is -0.584. The Kier molecular flexibility index (Phi) is 3.91. The van der Waals surface area contributed by atoms with E-state index in [-0.39, 0.29) is 23.3 Å². The predicted molar refractivity (Wildman–Crippen MR) is 78.6 cm³/mol. The van der Waals surface area contributed by atoms with Gasteiger partial charge in [-0.25, -0.2) is 4.79 Å². The van der Waals surface area contributed by atoms with Gasteiger partial charge in [0.05, 0.1) is 36.4 Å². The Bertz CT molecular complexity index is 655. The number of hydrogen-bond acceptors (Lipinski definition) is 6. The van der Waals surface area contributed by atoms with Crippen LogP contribution in [0.5, 0.6) is 0 Å². The monoisotopic (exact) mass is 304 g/mol. The molecule has 0 amide bonds. The number of carbonyl (C=O) groups is 1. The summed E-state index contributed by atoms with van der Waals surface area (Å²) >= 11 is 0. The fraction of sp³-hybridized carbons (Fsp3) is 0.400. The largest absolute Gasteiger partial charge is 0.465 e. The summed E-state index contributed by atoms with van der Waals surface area (Å²) in [6, 6.07) is 4.69. The summed E-state index contributed by atoms with van der Waals surface area (Å²) in [5.41, 5.74) is 1.57. The lowest BCUT2D eigenvalue weighted by atomic mass is 9.90. The number of nitro benzene ring substituents is 1. The molecule has 7 nitrogen and oxygen atoms in total. The number of nitrogens with zero attached hydrogens (tertiary/aromatic N) is 1. The summed E-state index contributed by atoms with van der Waals surface area (Å²) in [4.78, 5) is 22.4. The van der Waals surface area contributed by atoms with E-state index in [4.69, 9.17) is 4.74 Å². The van der Waals surface area contributed by atoms with Gasteiger partial charge in [-0.3, -0.25) is 10.1 Å². The van der Waals surface area contributed by atoms with Gasteiger partial charge in [-0.15, -0.1) is 0 Å². The fourth-order valence-corrected chi connectivity index (χ4v) is 2.93. The van der Waals surface area contributed by atoms with Crippen LogP contribution in [-0.2, 0) is 9.47 Å². The lowest BCUT2D eigenvalue weighted by Gasteiger charge is -2.34. The third-order valence-corrected chi connectivity index (χ3v) is 3.90. The third-order valence-electron chi connectivity index (χ3n) is 3.90. The highest BCUT2D eigenvalue weighted by molar-refractivity contribution is 5.91. The van der Waals surface area contributed by atoms with Gasteiger partial charge in [-0.05, 0) is 24.1 Å². The smallest absolute Gasteiger partial charge is 0.338 e. The Morgan fingerprint density at radius 3 is 2.95 bits per heavy atom. The first-order valence-corrected chi connectivity index (χ1v) is 7.00. The van der Waals surface area contributed by atoms with Crippen LogP contribution in [0.1, 0.15) is 22.3 Å². The summed E-state index contributed by atoms with van der Waals surface area (Å²) in [5, 5.41) is 14.8. The molecule has 1 aromatic rings. The maximum atomic E-state index is 11.5. The predicted octanol–water partition coefficient (Wildman–Crippen LogP) is 1.53. The summed E-state index contributed by atoms with van der Waals surface area (Å²) < 4.78 is 10.1. The molecule has 2 atom stereocenters. The van der Waals surface area contributed by atoms with Gasteiger partial charge in [0.1, 0.15) is 0 Å². The average Bonchev–Trinajstić information content (AvgIpc) is 2.53. The van der Waals surface area contributed by atoms with Crippen LogP contribution in [0.2, 0.25) is 0 Å². The summed E-state index contributed by atoms with van der Waals surface area (Å²) in [6.45, 7) is 1.16. The van der Waals surface area contributed by atoms with E-state index in [2.05, 4.69) is 10.1 Å². The molecule has 2 aliphatic rings. The first-order valence-electron chi connectivity index (χ1n) is 7.00. The molecule has 2 heterocycles. The molecule has 0 spiro atoms. The molecule has 22 heavy (non-hydrogen) atoms. The number of benzene rings is 1. The molecular formula is C15H16N2O5. The van der Waals surface area contributed by atoms with Crippen LogP contribution >= 0.6 is 0 Å². The molecule has 3 rings (SSSR count). The first-order chi connectivity index (χ1) is 10.6. The second kappa shape index (κ2) is 5.86. The van der Waals surface area contributed by atoms with Crippen LogP contribution < -0.4 is 5.32 Å². The molecule has 116 valence electrons. The van der Waals surface area contributed by atoms with Crippen LogP contribution in [0, 0.1) is 10.1 Å². The van der Waals surface area contributed by atoms with Crippen LogP contribution in [0.25, 0.3) is 5.57 Å². The van der Waals surface area contributed by atoms with E-state index >= 15 is 0 Å². The minimum absolute atomic E-state index is 0.0717. The van der Waals surface area contributed by atoms with Gasteiger partial charge in [0, 0.05) is 18.2 Å². The Morgan fingerprint density at radius 2 is 2.27 bits per heavy atom. The zero-order valence-corrected chi connectivity index (χ0v) is 12.1. The Labute approximate surface area is 127 Å². The van der Waals surface area contributed by atoms with E-state index in [9.17, 15) is 14.9 Å². The zero-order chi connectivity index (χ0) is 15.7. The van der Waals surface area contributed by atoms with Gasteiger partial charge in [0.2, 0.25) is 0 Å². The lowest BCUT2D eigenvalue weighted by molar-refractivity contribution is -0.385. The number of fused-ring (bicyclic) bond motifs is 2. The van der Waals surface area contributed by atoms with Crippen molar-refractivity contribution < 1.29 is 19.2 Å². The van der Waals surface area contributed by atoms with E-state index in [0.717, 1.165) is 5.57 Å². The van der Waals surface area contributed by atoms with E-state index in [1.54, 1.807) is 12.1 Å². The minimum Gasteiger partial charge on any atom is -0.465 e. The number of carbonyl (C=O) groups excluding carboxylic acids is 1. The summed E-state index contributed by atoms with van der Waals surface area (Å²) in [7, 11) is 1.25. The second-order valence-electron chi connectivity index (χ2n) is 5.38. The van der Waals surface area contributed by atoms with E-state index in [0.29, 0.717) is 25.2 Å². The van der Waals surface area contributed by atoms with Gasteiger partial charge >= 0.3 is 5.97 Å². The number of esters is 1. The Hall–Kier alpha value is -2.25. The van der Waals surface area contributed by atoms with Crippen LogP contribution in [0.4, 0.5) is 5.69 Å². The highest BCUT2D eigenvalue weighted by Gasteiger charge is 2.29. The molecule has 0 aliphatic carbocycles. The van der Waals surface area contributed by atoms with E-state index in [1.807, 2.05) is 6.08 Å². The number of nitro groups is 1. The first kappa shape index (κ1) is 14.7. The van der Waals surface area contributed by atoms with Gasteiger partial charge in [-0.1, -0.05) is 6.08 Å². The third kappa shape index (κ3) is 2.72. The van der Waals surface area contributed by atoms with Gasteiger partial charge < -0.3 is 14.8 Å². The molecule has 0 saturated carbocycles. The summed E-state index contributed by atoms with van der Waals surface area (Å²) in [6.07, 6.45) is 2.63. The topological polar surface area (TPSA) is 90.7 Å². The van der Waals surface area contributed by atoms with Crippen molar-refractivity contribution in [2.75, 3.05) is 20.3 Å². The normalized spacial score (nSPS) is 23.6. The maximum Gasteiger partial charge on any atom is 0.338 e. The van der Waals surface area contributed by atoms with E-state index in [1.165, 1.54) is 13.2 Å². The van der Waals surface area contributed by atoms with Crippen molar-refractivity contribution in [2.24, 2.45) is 0 Å². The van der Waals surface area contributed by atoms with Crippen molar-refractivity contribution in [1.29, 1.82) is 0 Å². The molecular weight excluding hydrogens is 288 g/mol. The Balaban J connectivity index is 2.01. The molecule has 2 aliphatic heterocycles. The fourth-order valence-electron chi connectivity index (χ4n) is 2.93. The molecule has 1 fully saturated rings. The molecule has 1 aromatic carbocycles. The van der Waals surface area contributed by atoms with Crippen molar-refractivity contribution in [2.45, 2.75) is 18.5 Å². The lowest BCUT2D eigenvalue weighted by Crippen LogP contribution is -2.50. The number of ether oxygens (including phenoxy) is 2. The number of morpholine rings is 1. The molecule has 2 unspecified atom stereocenters. The minimum atomic E-state index is -0.584. The number of hydrogen-bond donors (Lipinski definition) is 1. The Morgan fingerprint density at radius 1 is 1.45 bits per heavy atom. The molecule has 0 radical (unpaired) electrons. The molecule has 1 N–H and O–H groups in total. The standard InChI is InChI=1S/C15H16N2O5/c1-21-15(18)9-2-3-13(14(6-9)17(19)20)10-4-11-7-22-8-12(5-10)16-11/h2-4,6,11-12,16H,5,7-8H2,1H3. The SMILES string of the molecule is COC(=O)c1ccc(C2=CC3COCC(C2)N3)c([N+](=O)[O-])c1. The highest BCUT2D eigenvalue weighted by atomic mass is 16.6. The van der Waals surface area contributed by atoms with Crippen LogP contribution in [0.3, 0.4) is 0 Å². The average molecular weight is 304 g/mol. The zero-order valence-electron chi connectivity index (χ0n) is 12.1. The van der Waals surface area contributed by atoms with Gasteiger partial charge in [0.25, 0.3) is 5.69 Å². The number of nitrogens with one attached hydrogen (secondary N) is 1. The number of rotatable bonds is 3.